The first-order valence-electron chi connectivity index (χ1n) is 7.67. The number of anilines is 1. The van der Waals surface area contributed by atoms with E-state index in [0.717, 1.165) is 16.6 Å². The fourth-order valence-electron chi connectivity index (χ4n) is 2.87. The highest BCUT2D eigenvalue weighted by atomic mass is 32.1. The molecule has 0 saturated carbocycles. The quantitative estimate of drug-likeness (QED) is 0.416. The van der Waals surface area contributed by atoms with Gasteiger partial charge in [-0.3, -0.25) is 14.6 Å². The van der Waals surface area contributed by atoms with Gasteiger partial charge in [-0.2, -0.15) is 0 Å². The van der Waals surface area contributed by atoms with E-state index < -0.39 is 0 Å². The van der Waals surface area contributed by atoms with Crippen LogP contribution in [0.2, 0.25) is 0 Å². The predicted molar refractivity (Wildman–Crippen MR) is 101 cm³/mol. The number of carbonyl (C=O) groups is 1. The molecule has 25 heavy (non-hydrogen) atoms. The number of aromatic amines is 3. The average molecular weight is 350 g/mol. The van der Waals surface area contributed by atoms with Crippen LogP contribution in [0.25, 0.3) is 21.8 Å². The minimum atomic E-state index is -0.279. The summed E-state index contributed by atoms with van der Waals surface area (Å²) in [5, 5.41) is 4.36. The van der Waals surface area contributed by atoms with E-state index in [0.29, 0.717) is 22.2 Å². The lowest BCUT2D eigenvalue weighted by Crippen LogP contribution is -2.13. The second kappa shape index (κ2) is 5.71. The molecule has 1 amide bonds. The van der Waals surface area contributed by atoms with Crippen LogP contribution in [-0.2, 0) is 0 Å². The van der Waals surface area contributed by atoms with Gasteiger partial charge in [-0.15, -0.1) is 0 Å². The molecule has 0 saturated heterocycles. The molecule has 0 radical (unpaired) electrons. The van der Waals surface area contributed by atoms with Gasteiger partial charge in [-0.1, -0.05) is 0 Å². The minimum absolute atomic E-state index is 0.225. The molecule has 0 aliphatic carbocycles. The van der Waals surface area contributed by atoms with Crippen LogP contribution >= 0.6 is 12.2 Å². The Morgan fingerprint density at radius 3 is 2.68 bits per heavy atom. The van der Waals surface area contributed by atoms with E-state index in [9.17, 15) is 9.59 Å². The zero-order chi connectivity index (χ0) is 17.6. The van der Waals surface area contributed by atoms with Crippen LogP contribution in [-0.4, -0.2) is 20.9 Å². The second-order valence-electron chi connectivity index (χ2n) is 5.88. The zero-order valence-electron chi connectivity index (χ0n) is 13.3. The Kier molecular flexibility index (Phi) is 3.51. The van der Waals surface area contributed by atoms with Crippen LogP contribution in [0.15, 0.2) is 47.3 Å². The molecule has 7 heteroatoms. The monoisotopic (exact) mass is 350 g/mol. The van der Waals surface area contributed by atoms with Gasteiger partial charge in [0.15, 0.2) is 4.77 Å². The van der Waals surface area contributed by atoms with Gasteiger partial charge >= 0.3 is 0 Å². The molecule has 124 valence electrons. The SMILES string of the molecule is Cc1cc2cc(NC(=O)c3ccc4c(=O)[nH]c(=S)[nH]c4c3)ccc2[nH]1. The van der Waals surface area contributed by atoms with Crippen molar-refractivity contribution in [2.75, 3.05) is 5.32 Å². The number of hydrogen-bond donors (Lipinski definition) is 4. The van der Waals surface area contributed by atoms with Crippen LogP contribution in [0.3, 0.4) is 0 Å². The molecule has 4 N–H and O–H groups in total. The summed E-state index contributed by atoms with van der Waals surface area (Å²) in [5.41, 5.74) is 3.48. The number of benzene rings is 2. The average Bonchev–Trinajstić information content (AvgIpc) is 2.93. The molecule has 0 spiro atoms. The fourth-order valence-corrected chi connectivity index (χ4v) is 3.07. The van der Waals surface area contributed by atoms with Crippen molar-refractivity contribution >= 4 is 45.6 Å². The van der Waals surface area contributed by atoms with Crippen molar-refractivity contribution in [2.24, 2.45) is 0 Å². The van der Waals surface area contributed by atoms with Crippen molar-refractivity contribution in [1.29, 1.82) is 0 Å². The van der Waals surface area contributed by atoms with E-state index in [1.54, 1.807) is 18.2 Å². The van der Waals surface area contributed by atoms with Gasteiger partial charge in [0.2, 0.25) is 0 Å². The molecule has 0 aliphatic heterocycles. The van der Waals surface area contributed by atoms with Gasteiger partial charge < -0.3 is 15.3 Å². The lowest BCUT2D eigenvalue weighted by Gasteiger charge is -2.06. The maximum absolute atomic E-state index is 12.5. The first-order chi connectivity index (χ1) is 12.0. The van der Waals surface area contributed by atoms with E-state index in [-0.39, 0.29) is 16.2 Å². The predicted octanol–water partition coefficient (Wildman–Crippen LogP) is 3.63. The van der Waals surface area contributed by atoms with E-state index in [4.69, 9.17) is 12.2 Å². The first kappa shape index (κ1) is 15.3. The molecule has 6 nitrogen and oxygen atoms in total. The normalized spacial score (nSPS) is 11.1. The largest absolute Gasteiger partial charge is 0.359 e. The molecule has 2 aromatic carbocycles. The van der Waals surface area contributed by atoms with Crippen LogP contribution < -0.4 is 10.9 Å². The minimum Gasteiger partial charge on any atom is -0.359 e. The molecule has 0 atom stereocenters. The number of rotatable bonds is 2. The van der Waals surface area contributed by atoms with Gasteiger partial charge in [0, 0.05) is 27.8 Å². The van der Waals surface area contributed by atoms with Crippen molar-refractivity contribution in [3.63, 3.8) is 0 Å². The second-order valence-corrected chi connectivity index (χ2v) is 6.29. The van der Waals surface area contributed by atoms with Crippen LogP contribution in [0.5, 0.6) is 0 Å². The number of hydrogen-bond acceptors (Lipinski definition) is 3. The number of carbonyl (C=O) groups excluding carboxylic acids is 1. The molecule has 2 aromatic heterocycles. The van der Waals surface area contributed by atoms with Crippen LogP contribution in [0, 0.1) is 11.7 Å². The topological polar surface area (TPSA) is 93.5 Å². The summed E-state index contributed by atoms with van der Waals surface area (Å²) in [6, 6.07) is 12.5. The fraction of sp³-hybridized carbons (Fsp3) is 0.0556. The van der Waals surface area contributed by atoms with E-state index >= 15 is 0 Å². The molecule has 0 unspecified atom stereocenters. The summed E-state index contributed by atoms with van der Waals surface area (Å²) in [4.78, 5) is 33.0. The summed E-state index contributed by atoms with van der Waals surface area (Å²) in [6.45, 7) is 1.99. The van der Waals surface area contributed by atoms with Gasteiger partial charge in [-0.05, 0) is 61.6 Å². The third-order valence-corrected chi connectivity index (χ3v) is 4.22. The first-order valence-corrected chi connectivity index (χ1v) is 8.07. The summed E-state index contributed by atoms with van der Waals surface area (Å²) in [6.07, 6.45) is 0. The highest BCUT2D eigenvalue weighted by molar-refractivity contribution is 7.71. The van der Waals surface area contributed by atoms with E-state index in [1.807, 2.05) is 31.2 Å². The molecule has 4 aromatic rings. The number of nitrogens with one attached hydrogen (secondary N) is 4. The van der Waals surface area contributed by atoms with Crippen LogP contribution in [0.1, 0.15) is 16.1 Å². The summed E-state index contributed by atoms with van der Waals surface area (Å²) >= 11 is 4.97. The number of aryl methyl sites for hydroxylation is 1. The summed E-state index contributed by atoms with van der Waals surface area (Å²) in [7, 11) is 0. The molecule has 2 heterocycles. The van der Waals surface area contributed by atoms with E-state index in [2.05, 4.69) is 20.3 Å². The van der Waals surface area contributed by atoms with Gasteiger partial charge in [0.25, 0.3) is 11.5 Å². The van der Waals surface area contributed by atoms with Crippen molar-refractivity contribution in [3.8, 4) is 0 Å². The number of fused-ring (bicyclic) bond motifs is 2. The lowest BCUT2D eigenvalue weighted by molar-refractivity contribution is 0.102. The van der Waals surface area contributed by atoms with Gasteiger partial charge in [-0.25, -0.2) is 0 Å². The smallest absolute Gasteiger partial charge is 0.259 e. The Morgan fingerprint density at radius 1 is 1.00 bits per heavy atom. The zero-order valence-corrected chi connectivity index (χ0v) is 14.1. The molecular weight excluding hydrogens is 336 g/mol. The Labute approximate surface area is 146 Å². The highest BCUT2D eigenvalue weighted by Gasteiger charge is 2.09. The Balaban J connectivity index is 1.68. The summed E-state index contributed by atoms with van der Waals surface area (Å²) in [5.74, 6) is -0.256. The Morgan fingerprint density at radius 2 is 1.84 bits per heavy atom. The molecule has 0 fully saturated rings. The molecule has 0 bridgehead atoms. The van der Waals surface area contributed by atoms with Gasteiger partial charge in [0.1, 0.15) is 0 Å². The van der Waals surface area contributed by atoms with Crippen molar-refractivity contribution < 1.29 is 4.79 Å². The summed E-state index contributed by atoms with van der Waals surface area (Å²) < 4.78 is 0.225. The Bertz CT molecular complexity index is 1250. The maximum atomic E-state index is 12.5. The molecule has 0 aliphatic rings. The number of H-pyrrole nitrogens is 3. The number of amides is 1. The molecule has 4 rings (SSSR count). The number of aromatic nitrogens is 3. The lowest BCUT2D eigenvalue weighted by atomic mass is 10.1. The van der Waals surface area contributed by atoms with Crippen molar-refractivity contribution in [1.82, 2.24) is 15.0 Å². The third kappa shape index (κ3) is 2.85. The van der Waals surface area contributed by atoms with Crippen molar-refractivity contribution in [3.05, 3.63) is 68.8 Å². The standard InChI is InChI=1S/C18H14N4O2S/c1-9-6-11-7-12(3-5-14(11)19-9)20-16(23)10-2-4-13-15(8-10)21-18(25)22-17(13)24/h2-8,19H,1H3,(H,20,23)(H2,21,22,24,25). The maximum Gasteiger partial charge on any atom is 0.259 e. The Hall–Kier alpha value is -3.19. The highest BCUT2D eigenvalue weighted by Crippen LogP contribution is 2.20. The van der Waals surface area contributed by atoms with Crippen molar-refractivity contribution in [2.45, 2.75) is 6.92 Å². The van der Waals surface area contributed by atoms with E-state index in [1.165, 1.54) is 0 Å². The van der Waals surface area contributed by atoms with Crippen LogP contribution in [0.4, 0.5) is 5.69 Å². The van der Waals surface area contributed by atoms with Gasteiger partial charge in [0.05, 0.1) is 10.9 Å². The molecular formula is C18H14N4O2S. The third-order valence-electron chi connectivity index (χ3n) is 4.01.